The third-order valence-corrected chi connectivity index (χ3v) is 5.91. The second-order valence-corrected chi connectivity index (χ2v) is 8.27. The first-order valence-corrected chi connectivity index (χ1v) is 9.94. The fraction of sp³-hybridized carbons (Fsp3) is 0.545. The maximum absolute atomic E-state index is 13.6. The molecule has 2 aliphatic rings. The van der Waals surface area contributed by atoms with Crippen molar-refractivity contribution < 1.29 is 4.79 Å². The monoisotopic (exact) mass is 423 g/mol. The first kappa shape index (κ1) is 22.9. The van der Waals surface area contributed by atoms with Crippen molar-refractivity contribution in [3.05, 3.63) is 40.6 Å². The summed E-state index contributed by atoms with van der Waals surface area (Å²) < 4.78 is 0. The summed E-state index contributed by atoms with van der Waals surface area (Å²) >= 11 is 0. The van der Waals surface area contributed by atoms with Crippen LogP contribution in [0.2, 0.25) is 0 Å². The first-order valence-electron chi connectivity index (χ1n) is 9.94. The fourth-order valence-electron chi connectivity index (χ4n) is 4.38. The number of pyridine rings is 1. The lowest BCUT2D eigenvalue weighted by atomic mass is 9.94. The highest BCUT2D eigenvalue weighted by atomic mass is 35.5. The largest absolute Gasteiger partial charge is 0.334 e. The molecule has 2 heterocycles. The Labute approximate surface area is 180 Å². The van der Waals surface area contributed by atoms with Crippen LogP contribution in [0, 0.1) is 13.8 Å². The van der Waals surface area contributed by atoms with Crippen LogP contribution in [-0.4, -0.2) is 34.4 Å². The number of rotatable bonds is 3. The molecule has 1 aromatic carbocycles. The molecule has 1 saturated heterocycles. The average molecular weight is 424 g/mol. The van der Waals surface area contributed by atoms with E-state index in [1.54, 1.807) is 0 Å². The van der Waals surface area contributed by atoms with Gasteiger partial charge in [-0.25, -0.2) is 0 Å². The molecule has 1 aliphatic carbocycles. The number of halogens is 2. The third kappa shape index (κ3) is 4.29. The topological polar surface area (TPSA) is 59.2 Å². The Morgan fingerprint density at radius 2 is 1.86 bits per heavy atom. The van der Waals surface area contributed by atoms with Gasteiger partial charge in [0.2, 0.25) is 0 Å². The van der Waals surface area contributed by atoms with Crippen LogP contribution in [0.4, 0.5) is 0 Å². The molecule has 4 rings (SSSR count). The van der Waals surface area contributed by atoms with Crippen molar-refractivity contribution in [2.75, 3.05) is 6.54 Å². The van der Waals surface area contributed by atoms with Crippen molar-refractivity contribution in [3.63, 3.8) is 0 Å². The molecule has 0 bridgehead atoms. The smallest absolute Gasteiger partial charge is 0.254 e. The van der Waals surface area contributed by atoms with Gasteiger partial charge in [-0.2, -0.15) is 0 Å². The Bertz CT molecular complexity index is 864. The summed E-state index contributed by atoms with van der Waals surface area (Å²) in [4.78, 5) is 20.5. The van der Waals surface area contributed by atoms with Gasteiger partial charge in [0, 0.05) is 35.6 Å². The summed E-state index contributed by atoms with van der Waals surface area (Å²) in [6, 6.07) is 6.47. The molecule has 2 N–H and O–H groups in total. The van der Waals surface area contributed by atoms with Crippen LogP contribution in [0.5, 0.6) is 0 Å². The van der Waals surface area contributed by atoms with Crippen LogP contribution in [-0.2, 0) is 0 Å². The molecule has 28 heavy (non-hydrogen) atoms. The minimum atomic E-state index is -0.00118. The molecule has 2 unspecified atom stereocenters. The summed E-state index contributed by atoms with van der Waals surface area (Å²) in [7, 11) is 0. The summed E-state index contributed by atoms with van der Waals surface area (Å²) in [5, 5.41) is 0.992. The normalized spacial score (nSPS) is 20.3. The number of hydrogen-bond donors (Lipinski definition) is 1. The van der Waals surface area contributed by atoms with Gasteiger partial charge in [-0.15, -0.1) is 24.8 Å². The molecule has 1 aromatic heterocycles. The molecule has 4 nitrogen and oxygen atoms in total. The van der Waals surface area contributed by atoms with Gasteiger partial charge < -0.3 is 10.6 Å². The predicted molar refractivity (Wildman–Crippen MR) is 120 cm³/mol. The van der Waals surface area contributed by atoms with Gasteiger partial charge in [0.15, 0.2) is 0 Å². The molecule has 1 aliphatic heterocycles. The number of benzene rings is 1. The van der Waals surface area contributed by atoms with E-state index in [-0.39, 0.29) is 42.8 Å². The zero-order valence-corrected chi connectivity index (χ0v) is 18.5. The number of carbonyl (C=O) groups excluding carboxylic acids is 1. The number of likely N-dealkylation sites (tertiary alicyclic amines) is 1. The zero-order valence-electron chi connectivity index (χ0n) is 16.9. The zero-order chi connectivity index (χ0) is 18.4. The van der Waals surface area contributed by atoms with E-state index in [1.807, 2.05) is 11.8 Å². The first-order chi connectivity index (χ1) is 12.5. The number of aryl methyl sites for hydroxylation is 2. The van der Waals surface area contributed by atoms with Gasteiger partial charge in [-0.3, -0.25) is 9.78 Å². The van der Waals surface area contributed by atoms with Crippen molar-refractivity contribution in [2.24, 2.45) is 5.73 Å². The van der Waals surface area contributed by atoms with Crippen LogP contribution < -0.4 is 5.73 Å². The highest BCUT2D eigenvalue weighted by Crippen LogP contribution is 2.41. The Balaban J connectivity index is 0.00000140. The van der Waals surface area contributed by atoms with E-state index in [1.165, 1.54) is 18.4 Å². The van der Waals surface area contributed by atoms with Gasteiger partial charge in [0.05, 0.1) is 11.1 Å². The molecule has 0 spiro atoms. The number of hydrogen-bond acceptors (Lipinski definition) is 3. The molecular weight excluding hydrogens is 393 g/mol. The van der Waals surface area contributed by atoms with Crippen molar-refractivity contribution in [2.45, 2.75) is 70.9 Å². The second kappa shape index (κ2) is 8.98. The number of carbonyl (C=O) groups is 1. The van der Waals surface area contributed by atoms with Gasteiger partial charge in [-0.05, 0) is 70.6 Å². The number of aromatic nitrogens is 1. The summed E-state index contributed by atoms with van der Waals surface area (Å²) in [5.74, 6) is 0.656. The number of nitrogens with zero attached hydrogens (tertiary/aromatic N) is 2. The Morgan fingerprint density at radius 3 is 2.50 bits per heavy atom. The van der Waals surface area contributed by atoms with E-state index in [4.69, 9.17) is 10.7 Å². The van der Waals surface area contributed by atoms with Gasteiger partial charge in [0.1, 0.15) is 0 Å². The fourth-order valence-corrected chi connectivity index (χ4v) is 4.38. The van der Waals surface area contributed by atoms with Crippen molar-refractivity contribution in [3.8, 4) is 0 Å². The quantitative estimate of drug-likeness (QED) is 0.761. The van der Waals surface area contributed by atoms with Crippen LogP contribution in [0.1, 0.15) is 72.1 Å². The third-order valence-electron chi connectivity index (χ3n) is 5.91. The van der Waals surface area contributed by atoms with E-state index in [0.717, 1.165) is 53.5 Å². The lowest BCUT2D eigenvalue weighted by Gasteiger charge is -2.38. The molecule has 0 radical (unpaired) electrons. The minimum Gasteiger partial charge on any atom is -0.334 e. The number of amides is 1. The van der Waals surface area contributed by atoms with E-state index in [2.05, 4.69) is 32.0 Å². The standard InChI is InChI=1S/C22H29N3O.2ClH/c1-13-10-14(2)21-17(11-13)18(12-19(24-21)16-7-8-16)22(26)25-9-5-4-6-20(25)15(3)23;;/h10-12,15-16,20H,4-9,23H2,1-3H3;2*1H. The van der Waals surface area contributed by atoms with Crippen molar-refractivity contribution >= 4 is 41.6 Å². The maximum Gasteiger partial charge on any atom is 0.254 e. The number of fused-ring (bicyclic) bond motifs is 1. The molecule has 2 aromatic rings. The van der Waals surface area contributed by atoms with E-state index in [0.29, 0.717) is 5.92 Å². The SMILES string of the molecule is Cc1cc(C)c2nc(C3CC3)cc(C(=O)N3CCCCC3C(C)N)c2c1.Cl.Cl. The lowest BCUT2D eigenvalue weighted by Crippen LogP contribution is -2.51. The Hall–Kier alpha value is -1.36. The van der Waals surface area contributed by atoms with Gasteiger partial charge in [-0.1, -0.05) is 11.6 Å². The highest BCUT2D eigenvalue weighted by Gasteiger charge is 2.32. The molecule has 1 saturated carbocycles. The Kier molecular flexibility index (Phi) is 7.35. The highest BCUT2D eigenvalue weighted by molar-refractivity contribution is 6.07. The van der Waals surface area contributed by atoms with Gasteiger partial charge in [0.25, 0.3) is 5.91 Å². The average Bonchev–Trinajstić information content (AvgIpc) is 3.45. The minimum absolute atomic E-state index is 0. The second-order valence-electron chi connectivity index (χ2n) is 8.27. The van der Waals surface area contributed by atoms with Gasteiger partial charge >= 0.3 is 0 Å². The number of nitrogens with two attached hydrogens (primary N) is 1. The lowest BCUT2D eigenvalue weighted by molar-refractivity contribution is 0.0585. The van der Waals surface area contributed by atoms with Crippen LogP contribution in [0.3, 0.4) is 0 Å². The molecule has 6 heteroatoms. The summed E-state index contributed by atoms with van der Waals surface area (Å²) in [5.41, 5.74) is 11.4. The molecule has 154 valence electrons. The molecule has 2 fully saturated rings. The van der Waals surface area contributed by atoms with Crippen LogP contribution >= 0.6 is 24.8 Å². The number of piperidine rings is 1. The van der Waals surface area contributed by atoms with E-state index in [9.17, 15) is 4.79 Å². The van der Waals surface area contributed by atoms with E-state index >= 15 is 0 Å². The Morgan fingerprint density at radius 1 is 1.14 bits per heavy atom. The van der Waals surface area contributed by atoms with Crippen molar-refractivity contribution in [1.82, 2.24) is 9.88 Å². The molecular formula is C22H31Cl2N3O. The van der Waals surface area contributed by atoms with Crippen LogP contribution in [0.15, 0.2) is 18.2 Å². The summed E-state index contributed by atoms with van der Waals surface area (Å²) in [6.07, 6.45) is 5.58. The van der Waals surface area contributed by atoms with Crippen molar-refractivity contribution in [1.29, 1.82) is 0 Å². The van der Waals surface area contributed by atoms with Crippen LogP contribution in [0.25, 0.3) is 10.9 Å². The maximum atomic E-state index is 13.6. The predicted octanol–water partition coefficient (Wildman–Crippen LogP) is 4.91. The van der Waals surface area contributed by atoms with E-state index < -0.39 is 0 Å². The molecule has 1 amide bonds. The summed E-state index contributed by atoms with van der Waals surface area (Å²) in [6.45, 7) is 7.00. The molecule has 2 atom stereocenters.